The molecule has 1 aromatic carbocycles. The molecule has 0 atom stereocenters. The van der Waals surface area contributed by atoms with E-state index in [1.54, 1.807) is 0 Å². The van der Waals surface area contributed by atoms with Crippen molar-refractivity contribution in [3.05, 3.63) is 43.2 Å². The first-order valence-corrected chi connectivity index (χ1v) is 7.81. The van der Waals surface area contributed by atoms with E-state index in [4.69, 9.17) is 14.2 Å². The molecule has 21 heavy (non-hydrogen) atoms. The van der Waals surface area contributed by atoms with Crippen LogP contribution in [-0.4, -0.2) is 26.1 Å². The first-order chi connectivity index (χ1) is 10.3. The van der Waals surface area contributed by atoms with Gasteiger partial charge in [0.25, 0.3) is 0 Å². The zero-order valence-electron chi connectivity index (χ0n) is 12.9. The molecule has 116 valence electrons. The third kappa shape index (κ3) is 5.98. The van der Waals surface area contributed by atoms with Gasteiger partial charge in [-0.1, -0.05) is 31.0 Å². The number of hydrogen-bond acceptors (Lipinski definition) is 3. The predicted octanol–water partition coefficient (Wildman–Crippen LogP) is 3.96. The monoisotopic (exact) mass is 290 g/mol. The van der Waals surface area contributed by atoms with E-state index in [2.05, 4.69) is 26.0 Å². The van der Waals surface area contributed by atoms with Gasteiger partial charge >= 0.3 is 0 Å². The second-order valence-corrected chi connectivity index (χ2v) is 5.63. The van der Waals surface area contributed by atoms with Crippen LogP contribution in [0, 0.1) is 26.2 Å². The number of hydrogen-bond donors (Lipinski definition) is 0. The zero-order chi connectivity index (χ0) is 14.9. The molecule has 0 spiro atoms. The van der Waals surface area contributed by atoms with E-state index in [1.165, 1.54) is 5.56 Å². The molecule has 0 bridgehead atoms. The quantitative estimate of drug-likeness (QED) is 0.536. The number of ether oxygens (including phenoxy) is 3. The molecule has 0 unspecified atom stereocenters. The fraction of sp³-hybridized carbons (Fsp3) is 0.556. The first kappa shape index (κ1) is 16.2. The van der Waals surface area contributed by atoms with Crippen molar-refractivity contribution >= 4 is 0 Å². The van der Waals surface area contributed by atoms with E-state index in [9.17, 15) is 0 Å². The van der Waals surface area contributed by atoms with Crippen LogP contribution in [0.15, 0.2) is 24.3 Å². The Morgan fingerprint density at radius 2 is 1.90 bits per heavy atom. The highest BCUT2D eigenvalue weighted by molar-refractivity contribution is 5.26. The fourth-order valence-corrected chi connectivity index (χ4v) is 2.34. The lowest BCUT2D eigenvalue weighted by molar-refractivity contribution is -0.204. The Hall–Kier alpha value is -1.19. The Balaban J connectivity index is 1.54. The lowest BCUT2D eigenvalue weighted by Crippen LogP contribution is -2.32. The van der Waals surface area contributed by atoms with Crippen molar-refractivity contribution in [3.8, 4) is 5.75 Å². The van der Waals surface area contributed by atoms with Crippen LogP contribution in [-0.2, 0) is 9.47 Å². The number of rotatable bonds is 8. The Labute approximate surface area is 128 Å². The second kappa shape index (κ2) is 8.96. The maximum absolute atomic E-state index is 5.74. The maximum Gasteiger partial charge on any atom is 0.157 e. The van der Waals surface area contributed by atoms with Crippen LogP contribution < -0.4 is 4.74 Å². The molecule has 1 aliphatic heterocycles. The minimum Gasteiger partial charge on any atom is -0.494 e. The van der Waals surface area contributed by atoms with Crippen LogP contribution in [0.25, 0.3) is 0 Å². The lowest BCUT2D eigenvalue weighted by atomic mass is 10.0. The van der Waals surface area contributed by atoms with Crippen molar-refractivity contribution in [2.24, 2.45) is 5.92 Å². The minimum absolute atomic E-state index is 0.0633. The highest BCUT2D eigenvalue weighted by Gasteiger charge is 2.20. The van der Waals surface area contributed by atoms with Gasteiger partial charge < -0.3 is 14.2 Å². The Kier molecular flexibility index (Phi) is 6.90. The summed E-state index contributed by atoms with van der Waals surface area (Å²) in [5, 5.41) is 0. The molecule has 3 nitrogen and oxygen atoms in total. The minimum atomic E-state index is -0.0633. The lowest BCUT2D eigenvalue weighted by Gasteiger charge is -2.29. The molecule has 2 rings (SSSR count). The van der Waals surface area contributed by atoms with Gasteiger partial charge in [0, 0.05) is 12.3 Å². The smallest absolute Gasteiger partial charge is 0.157 e. The summed E-state index contributed by atoms with van der Waals surface area (Å²) in [4.78, 5) is 0. The van der Waals surface area contributed by atoms with Crippen LogP contribution >= 0.6 is 0 Å². The average molecular weight is 290 g/mol. The normalized spacial score (nSPS) is 22.1. The molecule has 0 N–H and O–H groups in total. The van der Waals surface area contributed by atoms with Crippen LogP contribution in [0.3, 0.4) is 0 Å². The molecule has 0 aromatic heterocycles. The molecule has 1 fully saturated rings. The molecule has 3 heteroatoms. The number of unbranched alkanes of at least 4 members (excludes halogenated alkanes) is 1. The molecule has 1 saturated heterocycles. The van der Waals surface area contributed by atoms with Gasteiger partial charge in [0.15, 0.2) is 6.29 Å². The van der Waals surface area contributed by atoms with Crippen LogP contribution in [0.4, 0.5) is 0 Å². The maximum atomic E-state index is 5.74. The molecule has 0 saturated carbocycles. The van der Waals surface area contributed by atoms with Crippen molar-refractivity contribution < 1.29 is 14.2 Å². The molecule has 0 aliphatic carbocycles. The van der Waals surface area contributed by atoms with Crippen molar-refractivity contribution in [1.29, 1.82) is 0 Å². The zero-order valence-corrected chi connectivity index (χ0v) is 12.9. The Morgan fingerprint density at radius 3 is 2.57 bits per heavy atom. The van der Waals surface area contributed by atoms with Crippen molar-refractivity contribution in [2.75, 3.05) is 19.8 Å². The summed E-state index contributed by atoms with van der Waals surface area (Å²) in [5.74, 6) is 1.44. The third-order valence-electron chi connectivity index (χ3n) is 3.69. The summed E-state index contributed by atoms with van der Waals surface area (Å²) in [6, 6.07) is 8.14. The van der Waals surface area contributed by atoms with Gasteiger partial charge in [-0.2, -0.15) is 0 Å². The average Bonchev–Trinajstić information content (AvgIpc) is 2.52. The molecule has 0 amide bonds. The van der Waals surface area contributed by atoms with Gasteiger partial charge in [-0.25, -0.2) is 0 Å². The number of benzene rings is 1. The molecular weight excluding hydrogens is 264 g/mol. The summed E-state index contributed by atoms with van der Waals surface area (Å²) in [6.07, 6.45) is 5.86. The topological polar surface area (TPSA) is 27.7 Å². The van der Waals surface area contributed by atoms with Crippen LogP contribution in [0.1, 0.15) is 31.2 Å². The van der Waals surface area contributed by atoms with Gasteiger partial charge in [-0.3, -0.25) is 0 Å². The van der Waals surface area contributed by atoms with E-state index >= 15 is 0 Å². The molecule has 1 heterocycles. The second-order valence-electron chi connectivity index (χ2n) is 5.63. The predicted molar refractivity (Wildman–Crippen MR) is 84.0 cm³/mol. The summed E-state index contributed by atoms with van der Waals surface area (Å²) in [5.41, 5.74) is 1.25. The third-order valence-corrected chi connectivity index (χ3v) is 3.69. The van der Waals surface area contributed by atoms with Gasteiger partial charge in [0.1, 0.15) is 5.75 Å². The van der Waals surface area contributed by atoms with Gasteiger partial charge in [-0.05, 0) is 25.5 Å². The number of aryl methyl sites for hydroxylation is 1. The SMILES string of the molecule is [CH2+][CH-]CCC1COC(CCCOc2ccc(C)cc2)OC1. The van der Waals surface area contributed by atoms with E-state index in [0.717, 1.165) is 44.6 Å². The van der Waals surface area contributed by atoms with Crippen molar-refractivity contribution in [2.45, 2.75) is 38.9 Å². The first-order valence-electron chi connectivity index (χ1n) is 7.81. The van der Waals surface area contributed by atoms with Crippen LogP contribution in [0.5, 0.6) is 5.75 Å². The highest BCUT2D eigenvalue weighted by Crippen LogP contribution is 2.19. The van der Waals surface area contributed by atoms with E-state index < -0.39 is 0 Å². The summed E-state index contributed by atoms with van der Waals surface area (Å²) in [6.45, 7) is 8.12. The van der Waals surface area contributed by atoms with Crippen molar-refractivity contribution in [1.82, 2.24) is 0 Å². The molecular formula is C18H26O3. The van der Waals surface area contributed by atoms with E-state index in [1.807, 2.05) is 18.6 Å². The van der Waals surface area contributed by atoms with E-state index in [-0.39, 0.29) is 6.29 Å². The summed E-state index contributed by atoms with van der Waals surface area (Å²) in [7, 11) is 0. The fourth-order valence-electron chi connectivity index (χ4n) is 2.34. The summed E-state index contributed by atoms with van der Waals surface area (Å²) >= 11 is 0. The Bertz CT molecular complexity index is 380. The van der Waals surface area contributed by atoms with Crippen molar-refractivity contribution in [3.63, 3.8) is 0 Å². The van der Waals surface area contributed by atoms with Gasteiger partial charge in [0.05, 0.1) is 19.8 Å². The Morgan fingerprint density at radius 1 is 1.19 bits per heavy atom. The highest BCUT2D eigenvalue weighted by atomic mass is 16.7. The largest absolute Gasteiger partial charge is 0.494 e. The molecule has 0 radical (unpaired) electrons. The molecule has 1 aliphatic rings. The standard InChI is InChI=1S/C18H26O3/c1-3-4-6-16-13-20-18(21-14-16)7-5-12-19-17-10-8-15(2)9-11-17/h3,8-11,16,18H,1,4-7,12-14H2,2H3. The van der Waals surface area contributed by atoms with Gasteiger partial charge in [0.2, 0.25) is 0 Å². The van der Waals surface area contributed by atoms with E-state index in [0.29, 0.717) is 12.5 Å². The molecule has 1 aromatic rings. The van der Waals surface area contributed by atoms with Gasteiger partial charge in [-0.15, -0.1) is 12.8 Å². The van der Waals surface area contributed by atoms with Crippen LogP contribution in [0.2, 0.25) is 0 Å². The summed E-state index contributed by atoms with van der Waals surface area (Å²) < 4.78 is 17.2.